The Morgan fingerprint density at radius 1 is 1.33 bits per heavy atom. The molecule has 0 atom stereocenters. The molecule has 3 aromatic rings. The zero-order valence-corrected chi connectivity index (χ0v) is 12.0. The van der Waals surface area contributed by atoms with Crippen molar-refractivity contribution >= 4 is 22.5 Å². The SMILES string of the molecule is Cc1ccc(CN(C)C(=O)c2c[nH]c3cc(N)ccc23)o1. The number of H-pyrrole nitrogens is 1. The molecule has 3 rings (SSSR count). The normalized spacial score (nSPS) is 11.0. The number of amides is 1. The third-order valence-corrected chi connectivity index (χ3v) is 3.47. The van der Waals surface area contributed by atoms with Gasteiger partial charge < -0.3 is 20.0 Å². The standard InChI is InChI=1S/C16H17N3O2/c1-10-3-5-12(21-10)9-19(2)16(20)14-8-18-15-7-11(17)4-6-13(14)15/h3-8,18H,9,17H2,1-2H3. The molecule has 0 spiro atoms. The van der Waals surface area contributed by atoms with Gasteiger partial charge in [-0.15, -0.1) is 0 Å². The van der Waals surface area contributed by atoms with Crippen molar-refractivity contribution in [1.82, 2.24) is 9.88 Å². The van der Waals surface area contributed by atoms with Crippen LogP contribution in [0.4, 0.5) is 5.69 Å². The number of hydrogen-bond acceptors (Lipinski definition) is 3. The molecule has 2 heterocycles. The van der Waals surface area contributed by atoms with Crippen LogP contribution < -0.4 is 5.73 Å². The summed E-state index contributed by atoms with van der Waals surface area (Å²) in [4.78, 5) is 17.3. The minimum absolute atomic E-state index is 0.0555. The van der Waals surface area contributed by atoms with Crippen LogP contribution in [0.3, 0.4) is 0 Å². The highest BCUT2D eigenvalue weighted by molar-refractivity contribution is 6.07. The summed E-state index contributed by atoms with van der Waals surface area (Å²) in [7, 11) is 1.76. The number of nitrogen functional groups attached to an aromatic ring is 1. The van der Waals surface area contributed by atoms with Crippen molar-refractivity contribution in [2.45, 2.75) is 13.5 Å². The molecule has 0 saturated heterocycles. The second-order valence-corrected chi connectivity index (χ2v) is 5.18. The van der Waals surface area contributed by atoms with E-state index in [0.29, 0.717) is 17.8 Å². The molecule has 0 bridgehead atoms. The minimum atomic E-state index is -0.0555. The Hall–Kier alpha value is -2.69. The Kier molecular flexibility index (Phi) is 3.17. The monoisotopic (exact) mass is 283 g/mol. The Labute approximate surface area is 122 Å². The Bertz CT molecular complexity index is 801. The summed E-state index contributed by atoms with van der Waals surface area (Å²) in [5.41, 5.74) is 7.91. The number of nitrogens with two attached hydrogens (primary N) is 1. The smallest absolute Gasteiger partial charge is 0.256 e. The Morgan fingerprint density at radius 3 is 2.86 bits per heavy atom. The summed E-state index contributed by atoms with van der Waals surface area (Å²) in [6.45, 7) is 2.32. The van der Waals surface area contributed by atoms with Crippen molar-refractivity contribution in [2.24, 2.45) is 0 Å². The maximum Gasteiger partial charge on any atom is 0.256 e. The van der Waals surface area contributed by atoms with E-state index in [1.807, 2.05) is 31.2 Å². The van der Waals surface area contributed by atoms with E-state index < -0.39 is 0 Å². The van der Waals surface area contributed by atoms with Gasteiger partial charge in [0.25, 0.3) is 5.91 Å². The van der Waals surface area contributed by atoms with Crippen LogP contribution in [-0.2, 0) is 6.54 Å². The summed E-state index contributed by atoms with van der Waals surface area (Å²) in [6, 6.07) is 9.25. The van der Waals surface area contributed by atoms with Gasteiger partial charge in [0.15, 0.2) is 0 Å². The lowest BCUT2D eigenvalue weighted by atomic mass is 10.1. The predicted molar refractivity (Wildman–Crippen MR) is 82.0 cm³/mol. The zero-order valence-electron chi connectivity index (χ0n) is 12.0. The van der Waals surface area contributed by atoms with Gasteiger partial charge in [0.1, 0.15) is 11.5 Å². The molecule has 0 aliphatic heterocycles. The largest absolute Gasteiger partial charge is 0.464 e. The van der Waals surface area contributed by atoms with E-state index in [1.54, 1.807) is 24.2 Å². The number of hydrogen-bond donors (Lipinski definition) is 2. The number of aromatic amines is 1. The van der Waals surface area contributed by atoms with Gasteiger partial charge >= 0.3 is 0 Å². The molecular weight excluding hydrogens is 266 g/mol. The van der Waals surface area contributed by atoms with Gasteiger partial charge in [0, 0.05) is 29.8 Å². The van der Waals surface area contributed by atoms with Gasteiger partial charge in [-0.25, -0.2) is 0 Å². The van der Waals surface area contributed by atoms with E-state index in [0.717, 1.165) is 22.4 Å². The fourth-order valence-electron chi connectivity index (χ4n) is 2.40. The fourth-order valence-corrected chi connectivity index (χ4v) is 2.40. The van der Waals surface area contributed by atoms with E-state index in [-0.39, 0.29) is 5.91 Å². The number of fused-ring (bicyclic) bond motifs is 1. The number of rotatable bonds is 3. The van der Waals surface area contributed by atoms with E-state index in [2.05, 4.69) is 4.98 Å². The highest BCUT2D eigenvalue weighted by atomic mass is 16.3. The first-order chi connectivity index (χ1) is 10.0. The molecule has 1 amide bonds. The van der Waals surface area contributed by atoms with Crippen LogP contribution >= 0.6 is 0 Å². The molecule has 3 N–H and O–H groups in total. The van der Waals surface area contributed by atoms with E-state index in [1.165, 1.54) is 0 Å². The molecule has 0 radical (unpaired) electrons. The van der Waals surface area contributed by atoms with Gasteiger partial charge in [-0.1, -0.05) is 0 Å². The van der Waals surface area contributed by atoms with Crippen LogP contribution in [0.2, 0.25) is 0 Å². The average Bonchev–Trinajstić information content (AvgIpc) is 3.03. The average molecular weight is 283 g/mol. The summed E-state index contributed by atoms with van der Waals surface area (Å²) < 4.78 is 5.51. The molecule has 0 saturated carbocycles. The summed E-state index contributed by atoms with van der Waals surface area (Å²) in [5.74, 6) is 1.56. The maximum atomic E-state index is 12.5. The topological polar surface area (TPSA) is 75.3 Å². The first kappa shape index (κ1) is 13.3. The lowest BCUT2D eigenvalue weighted by Gasteiger charge is -2.15. The number of carbonyl (C=O) groups is 1. The molecule has 108 valence electrons. The van der Waals surface area contributed by atoms with E-state index >= 15 is 0 Å². The van der Waals surface area contributed by atoms with Gasteiger partial charge in [-0.05, 0) is 37.3 Å². The van der Waals surface area contributed by atoms with Crippen molar-refractivity contribution in [3.8, 4) is 0 Å². The number of aryl methyl sites for hydroxylation is 1. The van der Waals surface area contributed by atoms with Crippen LogP contribution in [0.15, 0.2) is 40.9 Å². The number of benzene rings is 1. The predicted octanol–water partition coefficient (Wildman–Crippen LogP) is 2.92. The second-order valence-electron chi connectivity index (χ2n) is 5.18. The van der Waals surface area contributed by atoms with Crippen molar-refractivity contribution in [1.29, 1.82) is 0 Å². The lowest BCUT2D eigenvalue weighted by molar-refractivity contribution is 0.0777. The fraction of sp³-hybridized carbons (Fsp3) is 0.188. The highest BCUT2D eigenvalue weighted by Crippen LogP contribution is 2.22. The van der Waals surface area contributed by atoms with Gasteiger partial charge in [-0.2, -0.15) is 0 Å². The number of aromatic nitrogens is 1. The number of furan rings is 1. The summed E-state index contributed by atoms with van der Waals surface area (Å²) >= 11 is 0. The van der Waals surface area contributed by atoms with Crippen molar-refractivity contribution in [3.05, 3.63) is 53.6 Å². The van der Waals surface area contributed by atoms with Crippen LogP contribution in [0.25, 0.3) is 10.9 Å². The first-order valence-electron chi connectivity index (χ1n) is 6.72. The molecule has 0 aliphatic carbocycles. The Morgan fingerprint density at radius 2 is 2.14 bits per heavy atom. The van der Waals surface area contributed by atoms with Crippen LogP contribution in [0, 0.1) is 6.92 Å². The van der Waals surface area contributed by atoms with Gasteiger partial charge in [0.2, 0.25) is 0 Å². The quantitative estimate of drug-likeness (QED) is 0.726. The third kappa shape index (κ3) is 2.50. The summed E-state index contributed by atoms with van der Waals surface area (Å²) in [6.07, 6.45) is 1.72. The van der Waals surface area contributed by atoms with Crippen molar-refractivity contribution in [2.75, 3.05) is 12.8 Å². The highest BCUT2D eigenvalue weighted by Gasteiger charge is 2.17. The van der Waals surface area contributed by atoms with Crippen molar-refractivity contribution in [3.63, 3.8) is 0 Å². The molecule has 2 aromatic heterocycles. The van der Waals surface area contributed by atoms with E-state index in [4.69, 9.17) is 10.2 Å². The third-order valence-electron chi connectivity index (χ3n) is 3.47. The van der Waals surface area contributed by atoms with Gasteiger partial charge in [-0.3, -0.25) is 4.79 Å². The maximum absolute atomic E-state index is 12.5. The first-order valence-corrected chi connectivity index (χ1v) is 6.72. The molecule has 1 aromatic carbocycles. The molecule has 5 heteroatoms. The number of nitrogens with one attached hydrogen (secondary N) is 1. The van der Waals surface area contributed by atoms with Crippen LogP contribution in [0.1, 0.15) is 21.9 Å². The van der Waals surface area contributed by atoms with Crippen LogP contribution in [0.5, 0.6) is 0 Å². The second kappa shape index (κ2) is 5.01. The number of carbonyl (C=O) groups excluding carboxylic acids is 1. The molecule has 0 unspecified atom stereocenters. The van der Waals surface area contributed by atoms with E-state index in [9.17, 15) is 4.79 Å². The molecular formula is C16H17N3O2. The Balaban J connectivity index is 1.86. The zero-order chi connectivity index (χ0) is 15.0. The summed E-state index contributed by atoms with van der Waals surface area (Å²) in [5, 5.41) is 0.872. The molecule has 0 aliphatic rings. The molecule has 21 heavy (non-hydrogen) atoms. The van der Waals surface area contributed by atoms with Crippen molar-refractivity contribution < 1.29 is 9.21 Å². The number of nitrogens with zero attached hydrogens (tertiary/aromatic N) is 1. The number of anilines is 1. The minimum Gasteiger partial charge on any atom is -0.464 e. The lowest BCUT2D eigenvalue weighted by Crippen LogP contribution is -2.25. The molecule has 0 fully saturated rings. The van der Waals surface area contributed by atoms with Crippen LogP contribution in [-0.4, -0.2) is 22.8 Å². The molecule has 5 nitrogen and oxygen atoms in total. The van der Waals surface area contributed by atoms with Gasteiger partial charge in [0.05, 0.1) is 12.1 Å².